The van der Waals surface area contributed by atoms with Gasteiger partial charge in [-0.1, -0.05) is 91.0 Å². The van der Waals surface area contributed by atoms with Crippen molar-refractivity contribution in [1.82, 2.24) is 0 Å². The molecule has 0 heterocycles. The van der Waals surface area contributed by atoms with E-state index in [2.05, 4.69) is 91.0 Å². The SMILES string of the molecule is Nc1ccc(-c2c3c(c(C4C=C5C=CCCC5=CC4)c4ccccc24)CC(c2ccccc2)CC3)cc1. The van der Waals surface area contributed by atoms with Crippen LogP contribution in [0.1, 0.15) is 59.8 Å². The third-order valence-corrected chi connectivity index (χ3v) is 8.76. The first-order valence-electron chi connectivity index (χ1n) is 13.8. The van der Waals surface area contributed by atoms with Crippen molar-refractivity contribution in [2.24, 2.45) is 0 Å². The molecule has 0 saturated carbocycles. The molecule has 182 valence electrons. The number of allylic oxidation sites excluding steroid dienone is 6. The highest BCUT2D eigenvalue weighted by Gasteiger charge is 2.30. The average molecular weight is 480 g/mol. The van der Waals surface area contributed by atoms with Gasteiger partial charge in [-0.25, -0.2) is 0 Å². The van der Waals surface area contributed by atoms with Crippen LogP contribution in [0, 0.1) is 0 Å². The lowest BCUT2D eigenvalue weighted by atomic mass is 9.70. The number of fused-ring (bicyclic) bond motifs is 3. The van der Waals surface area contributed by atoms with Crippen LogP contribution in [0.15, 0.2) is 114 Å². The molecule has 7 rings (SSSR count). The van der Waals surface area contributed by atoms with Crippen molar-refractivity contribution in [1.29, 1.82) is 0 Å². The van der Waals surface area contributed by atoms with Crippen LogP contribution in [0.3, 0.4) is 0 Å². The summed E-state index contributed by atoms with van der Waals surface area (Å²) in [6.45, 7) is 0. The van der Waals surface area contributed by atoms with E-state index in [1.165, 1.54) is 57.9 Å². The number of rotatable bonds is 3. The monoisotopic (exact) mass is 479 g/mol. The summed E-state index contributed by atoms with van der Waals surface area (Å²) >= 11 is 0. The van der Waals surface area contributed by atoms with Gasteiger partial charge in [0.2, 0.25) is 0 Å². The highest BCUT2D eigenvalue weighted by atomic mass is 14.5. The summed E-state index contributed by atoms with van der Waals surface area (Å²) in [5.41, 5.74) is 18.8. The van der Waals surface area contributed by atoms with E-state index >= 15 is 0 Å². The molecule has 1 heteroatoms. The molecule has 2 atom stereocenters. The molecule has 0 amide bonds. The fourth-order valence-electron chi connectivity index (χ4n) is 7.00. The molecule has 37 heavy (non-hydrogen) atoms. The van der Waals surface area contributed by atoms with Gasteiger partial charge in [0, 0.05) is 11.6 Å². The maximum atomic E-state index is 6.10. The molecular weight excluding hydrogens is 446 g/mol. The van der Waals surface area contributed by atoms with Gasteiger partial charge in [-0.2, -0.15) is 0 Å². The molecule has 0 fully saturated rings. The Kier molecular flexibility index (Phi) is 5.58. The lowest BCUT2D eigenvalue weighted by molar-refractivity contribution is 0.580. The minimum absolute atomic E-state index is 0.412. The Labute approximate surface area is 220 Å². The summed E-state index contributed by atoms with van der Waals surface area (Å²) in [5.74, 6) is 0.972. The summed E-state index contributed by atoms with van der Waals surface area (Å²) < 4.78 is 0. The second kappa shape index (κ2) is 9.23. The van der Waals surface area contributed by atoms with Crippen molar-refractivity contribution < 1.29 is 0 Å². The van der Waals surface area contributed by atoms with Gasteiger partial charge in [-0.05, 0) is 112 Å². The first-order chi connectivity index (χ1) is 18.3. The molecule has 0 aromatic heterocycles. The Morgan fingerprint density at radius 2 is 1.54 bits per heavy atom. The molecule has 3 aliphatic carbocycles. The largest absolute Gasteiger partial charge is 0.399 e. The van der Waals surface area contributed by atoms with E-state index in [0.29, 0.717) is 11.8 Å². The molecular formula is C36H33N. The molecule has 4 aromatic rings. The van der Waals surface area contributed by atoms with E-state index in [-0.39, 0.29) is 0 Å². The topological polar surface area (TPSA) is 26.0 Å². The molecule has 4 aromatic carbocycles. The number of anilines is 1. The van der Waals surface area contributed by atoms with Crippen LogP contribution in [0.25, 0.3) is 21.9 Å². The second-order valence-corrected chi connectivity index (χ2v) is 10.9. The first kappa shape index (κ1) is 22.4. The van der Waals surface area contributed by atoms with E-state index in [1.807, 2.05) is 12.1 Å². The molecule has 1 nitrogen and oxygen atoms in total. The first-order valence-corrected chi connectivity index (χ1v) is 13.8. The standard InChI is InChI=1S/C36H33N/c37-30-19-16-26(17-20-30)35-31-12-6-7-13-32(31)36(29-15-14-25-10-4-5-11-27(25)22-29)34-23-28(18-21-33(34)35)24-8-2-1-3-9-24/h1-3,5-9,11-14,16-17,19-20,22,28-29H,4,10,15,18,21,23,37H2. The Morgan fingerprint density at radius 1 is 0.757 bits per heavy atom. The highest BCUT2D eigenvalue weighted by molar-refractivity contribution is 6.02. The minimum Gasteiger partial charge on any atom is -0.399 e. The number of hydrogen-bond donors (Lipinski definition) is 1. The summed E-state index contributed by atoms with van der Waals surface area (Å²) in [6.07, 6.45) is 16.6. The molecule has 0 aliphatic heterocycles. The van der Waals surface area contributed by atoms with Gasteiger partial charge < -0.3 is 5.73 Å². The molecule has 0 saturated heterocycles. The van der Waals surface area contributed by atoms with Crippen molar-refractivity contribution in [2.45, 2.75) is 50.4 Å². The van der Waals surface area contributed by atoms with E-state index in [1.54, 1.807) is 16.7 Å². The van der Waals surface area contributed by atoms with Crippen LogP contribution in [-0.2, 0) is 12.8 Å². The van der Waals surface area contributed by atoms with Crippen LogP contribution in [0.2, 0.25) is 0 Å². The molecule has 2 unspecified atom stereocenters. The van der Waals surface area contributed by atoms with E-state index < -0.39 is 0 Å². The van der Waals surface area contributed by atoms with Gasteiger partial charge in [0.05, 0.1) is 0 Å². The molecule has 0 radical (unpaired) electrons. The van der Waals surface area contributed by atoms with Gasteiger partial charge in [0.25, 0.3) is 0 Å². The van der Waals surface area contributed by atoms with Crippen molar-refractivity contribution in [2.75, 3.05) is 5.73 Å². The number of hydrogen-bond acceptors (Lipinski definition) is 1. The number of nitrogens with two attached hydrogens (primary N) is 1. The molecule has 3 aliphatic rings. The van der Waals surface area contributed by atoms with Crippen molar-refractivity contribution >= 4 is 16.5 Å². The highest BCUT2D eigenvalue weighted by Crippen LogP contribution is 2.48. The third-order valence-electron chi connectivity index (χ3n) is 8.76. The summed E-state index contributed by atoms with van der Waals surface area (Å²) in [5, 5.41) is 2.80. The molecule has 2 N–H and O–H groups in total. The zero-order chi connectivity index (χ0) is 24.8. The van der Waals surface area contributed by atoms with Crippen LogP contribution in [0.5, 0.6) is 0 Å². The second-order valence-electron chi connectivity index (χ2n) is 10.9. The van der Waals surface area contributed by atoms with Gasteiger partial charge in [0.15, 0.2) is 0 Å². The number of benzene rings is 4. The maximum absolute atomic E-state index is 6.10. The van der Waals surface area contributed by atoms with Crippen molar-refractivity contribution in [3.63, 3.8) is 0 Å². The van der Waals surface area contributed by atoms with E-state index in [9.17, 15) is 0 Å². The molecule has 0 spiro atoms. The predicted molar refractivity (Wildman–Crippen MR) is 157 cm³/mol. The Morgan fingerprint density at radius 3 is 2.38 bits per heavy atom. The Bertz CT molecular complexity index is 1570. The zero-order valence-electron chi connectivity index (χ0n) is 21.3. The maximum Gasteiger partial charge on any atom is 0.0314 e. The van der Waals surface area contributed by atoms with Gasteiger partial charge in [-0.3, -0.25) is 0 Å². The van der Waals surface area contributed by atoms with Crippen LogP contribution in [0.4, 0.5) is 5.69 Å². The Hall–Kier alpha value is -3.84. The van der Waals surface area contributed by atoms with Crippen LogP contribution in [-0.4, -0.2) is 0 Å². The third kappa shape index (κ3) is 3.94. The van der Waals surface area contributed by atoms with Crippen molar-refractivity contribution in [3.05, 3.63) is 137 Å². The van der Waals surface area contributed by atoms with E-state index in [4.69, 9.17) is 5.73 Å². The summed E-state index contributed by atoms with van der Waals surface area (Å²) in [7, 11) is 0. The van der Waals surface area contributed by atoms with E-state index in [0.717, 1.165) is 24.9 Å². The van der Waals surface area contributed by atoms with Gasteiger partial charge in [-0.15, -0.1) is 0 Å². The molecule has 0 bridgehead atoms. The fourth-order valence-corrected chi connectivity index (χ4v) is 7.00. The van der Waals surface area contributed by atoms with Gasteiger partial charge >= 0.3 is 0 Å². The number of nitrogen functional groups attached to an aromatic ring is 1. The quantitative estimate of drug-likeness (QED) is 0.291. The fraction of sp³-hybridized carbons (Fsp3) is 0.222. The predicted octanol–water partition coefficient (Wildman–Crippen LogP) is 9.05. The summed E-state index contributed by atoms with van der Waals surface area (Å²) in [6, 6.07) is 28.8. The van der Waals surface area contributed by atoms with Gasteiger partial charge in [0.1, 0.15) is 0 Å². The lowest BCUT2D eigenvalue weighted by Crippen LogP contribution is -2.18. The Balaban J connectivity index is 1.47. The average Bonchev–Trinajstić information content (AvgIpc) is 2.96. The minimum atomic E-state index is 0.412. The normalized spacial score (nSPS) is 20.6. The summed E-state index contributed by atoms with van der Waals surface area (Å²) in [4.78, 5) is 0. The lowest BCUT2D eigenvalue weighted by Gasteiger charge is -2.34. The zero-order valence-corrected chi connectivity index (χ0v) is 21.3. The van der Waals surface area contributed by atoms with Crippen LogP contribution >= 0.6 is 0 Å². The van der Waals surface area contributed by atoms with Crippen molar-refractivity contribution in [3.8, 4) is 11.1 Å². The van der Waals surface area contributed by atoms with Crippen LogP contribution < -0.4 is 5.73 Å². The smallest absolute Gasteiger partial charge is 0.0314 e.